The van der Waals surface area contributed by atoms with E-state index in [4.69, 9.17) is 0 Å². The first kappa shape index (κ1) is 25.1. The van der Waals surface area contributed by atoms with E-state index in [1.54, 1.807) is 6.92 Å². The molecule has 0 aromatic heterocycles. The fraction of sp³-hybridized carbons (Fsp3) is 1.00. The molecule has 0 aromatic carbocycles. The van der Waals surface area contributed by atoms with Crippen molar-refractivity contribution in [2.24, 2.45) is 0 Å². The summed E-state index contributed by atoms with van der Waals surface area (Å²) in [5, 5.41) is 9.11. The van der Waals surface area contributed by atoms with Gasteiger partial charge >= 0.3 is 29.6 Å². The minimum Gasteiger partial charge on any atom is -0.748 e. The molecule has 4 nitrogen and oxygen atoms in total. The van der Waals surface area contributed by atoms with Crippen molar-refractivity contribution >= 4 is 10.1 Å². The summed E-state index contributed by atoms with van der Waals surface area (Å²) in [6.45, 7) is 3.93. The molecule has 0 fully saturated rings. The Balaban J connectivity index is 0. The van der Waals surface area contributed by atoms with Gasteiger partial charge in [0.15, 0.2) is 0 Å². The maximum absolute atomic E-state index is 10.9. The normalized spacial score (nSPS) is 14.4. The van der Waals surface area contributed by atoms with E-state index in [0.717, 1.165) is 38.5 Å². The molecule has 0 saturated heterocycles. The molecule has 0 aromatic rings. The largest absolute Gasteiger partial charge is 1.00 e. The quantitative estimate of drug-likeness (QED) is 0.290. The smallest absolute Gasteiger partial charge is 0.748 e. The van der Waals surface area contributed by atoms with Gasteiger partial charge in [-0.05, 0) is 25.7 Å². The Labute approximate surface area is 159 Å². The van der Waals surface area contributed by atoms with Gasteiger partial charge in [-0.2, -0.15) is 0 Å². The second-order valence-corrected chi connectivity index (χ2v) is 7.67. The summed E-state index contributed by atoms with van der Waals surface area (Å²) >= 11 is 0. The third-order valence-corrected chi connectivity index (χ3v) is 5.45. The van der Waals surface area contributed by atoms with Gasteiger partial charge in [-0.15, -0.1) is 0 Å². The minimum absolute atomic E-state index is 0. The summed E-state index contributed by atoms with van der Waals surface area (Å²) in [5.74, 6) is 0. The van der Waals surface area contributed by atoms with Crippen LogP contribution in [0.2, 0.25) is 0 Å². The molecule has 128 valence electrons. The molecule has 0 aliphatic carbocycles. The first-order valence-electron chi connectivity index (χ1n) is 8.54. The fourth-order valence-corrected chi connectivity index (χ4v) is 3.47. The molecule has 0 spiro atoms. The van der Waals surface area contributed by atoms with Crippen LogP contribution in [0.1, 0.15) is 90.9 Å². The zero-order chi connectivity index (χ0) is 16.1. The minimum atomic E-state index is -4.14. The fourth-order valence-electron chi connectivity index (χ4n) is 2.61. The average Bonchev–Trinajstić information content (AvgIpc) is 2.41. The number of unbranched alkanes of at least 4 members (excludes halogenated alkanes) is 6. The summed E-state index contributed by atoms with van der Waals surface area (Å²) < 4.78 is 32.8. The van der Waals surface area contributed by atoms with E-state index < -0.39 is 15.4 Å². The molecule has 0 heterocycles. The third kappa shape index (κ3) is 14.5. The molecule has 0 rings (SSSR count). The van der Waals surface area contributed by atoms with Gasteiger partial charge in [0.05, 0.1) is 16.2 Å². The summed E-state index contributed by atoms with van der Waals surface area (Å²) in [7, 11) is -4.14. The van der Waals surface area contributed by atoms with Crippen molar-refractivity contribution in [2.45, 2.75) is 102 Å². The third-order valence-electron chi connectivity index (χ3n) is 4.07. The van der Waals surface area contributed by atoms with Gasteiger partial charge in [0.2, 0.25) is 0 Å². The predicted octanol–water partition coefficient (Wildman–Crippen LogP) is 0.986. The van der Waals surface area contributed by atoms with Gasteiger partial charge in [0.25, 0.3) is 0 Å². The number of aliphatic hydroxyl groups is 1. The van der Waals surface area contributed by atoms with Crippen molar-refractivity contribution in [2.75, 3.05) is 0 Å². The molecule has 1 N–H and O–H groups in total. The topological polar surface area (TPSA) is 77.4 Å². The summed E-state index contributed by atoms with van der Waals surface area (Å²) in [5.41, 5.74) is 0. The second kappa shape index (κ2) is 15.4. The predicted molar refractivity (Wildman–Crippen MR) is 86.2 cm³/mol. The average molecular weight is 344 g/mol. The standard InChI is InChI=1S/C16H34O4S.Na/c1-3-5-6-7-9-12-15(17)13-10-8-11-14-16(4-2)21(18,19)20;/h15-17H,3-14H2,1-2H3,(H,18,19,20);/q;+1/p-1. The Morgan fingerprint density at radius 2 is 1.32 bits per heavy atom. The van der Waals surface area contributed by atoms with Crippen LogP contribution < -0.4 is 29.6 Å². The van der Waals surface area contributed by atoms with Gasteiger partial charge in [0, 0.05) is 5.25 Å². The van der Waals surface area contributed by atoms with E-state index in [9.17, 15) is 18.1 Å². The Morgan fingerprint density at radius 3 is 1.77 bits per heavy atom. The molecule has 0 aliphatic rings. The van der Waals surface area contributed by atoms with Crippen LogP contribution in [0.3, 0.4) is 0 Å². The second-order valence-electron chi connectivity index (χ2n) is 6.02. The zero-order valence-electron chi connectivity index (χ0n) is 14.7. The van der Waals surface area contributed by atoms with Crippen molar-refractivity contribution in [3.05, 3.63) is 0 Å². The van der Waals surface area contributed by atoms with Gasteiger partial charge in [-0.1, -0.05) is 65.2 Å². The number of aliphatic hydroxyl groups excluding tert-OH is 1. The molecular formula is C16H33NaO4S. The van der Waals surface area contributed by atoms with Gasteiger partial charge in [0.1, 0.15) is 0 Å². The van der Waals surface area contributed by atoms with Crippen molar-refractivity contribution < 1.29 is 47.6 Å². The molecule has 0 saturated carbocycles. The van der Waals surface area contributed by atoms with Crippen LogP contribution >= 0.6 is 0 Å². The van der Waals surface area contributed by atoms with Crippen molar-refractivity contribution in [3.8, 4) is 0 Å². The molecule has 0 radical (unpaired) electrons. The zero-order valence-corrected chi connectivity index (χ0v) is 17.5. The van der Waals surface area contributed by atoms with Gasteiger partial charge in [-0.3, -0.25) is 0 Å². The number of hydrogen-bond donors (Lipinski definition) is 1. The summed E-state index contributed by atoms with van der Waals surface area (Å²) in [6, 6.07) is 0. The van der Waals surface area contributed by atoms with Crippen LogP contribution in [0.25, 0.3) is 0 Å². The summed E-state index contributed by atoms with van der Waals surface area (Å²) in [4.78, 5) is 0. The van der Waals surface area contributed by atoms with E-state index in [1.165, 1.54) is 25.7 Å². The Bertz CT molecular complexity index is 333. The van der Waals surface area contributed by atoms with E-state index in [-0.39, 0.29) is 35.7 Å². The SMILES string of the molecule is CCCCCCCC(O)CCCCCC(CC)S(=O)(=O)[O-].[Na+]. The van der Waals surface area contributed by atoms with Gasteiger partial charge in [-0.25, -0.2) is 8.42 Å². The van der Waals surface area contributed by atoms with Crippen molar-refractivity contribution in [3.63, 3.8) is 0 Å². The van der Waals surface area contributed by atoms with E-state index in [0.29, 0.717) is 12.8 Å². The number of hydrogen-bond acceptors (Lipinski definition) is 4. The Hall–Kier alpha value is 0.870. The maximum atomic E-state index is 10.9. The first-order valence-corrected chi connectivity index (χ1v) is 10.0. The first-order chi connectivity index (χ1) is 9.91. The Morgan fingerprint density at radius 1 is 0.864 bits per heavy atom. The molecule has 2 unspecified atom stereocenters. The van der Waals surface area contributed by atoms with Crippen LogP contribution in [-0.2, 0) is 10.1 Å². The van der Waals surface area contributed by atoms with Gasteiger partial charge < -0.3 is 9.66 Å². The van der Waals surface area contributed by atoms with E-state index in [1.807, 2.05) is 0 Å². The molecule has 0 bridgehead atoms. The van der Waals surface area contributed by atoms with Crippen LogP contribution in [0, 0.1) is 0 Å². The van der Waals surface area contributed by atoms with E-state index >= 15 is 0 Å². The van der Waals surface area contributed by atoms with Crippen molar-refractivity contribution in [1.82, 2.24) is 0 Å². The monoisotopic (exact) mass is 344 g/mol. The van der Waals surface area contributed by atoms with Crippen molar-refractivity contribution in [1.29, 1.82) is 0 Å². The van der Waals surface area contributed by atoms with Crippen LogP contribution in [0.15, 0.2) is 0 Å². The molecule has 6 heteroatoms. The maximum Gasteiger partial charge on any atom is 1.00 e. The van der Waals surface area contributed by atoms with Crippen LogP contribution in [0.5, 0.6) is 0 Å². The molecule has 22 heavy (non-hydrogen) atoms. The molecule has 0 amide bonds. The summed E-state index contributed by atoms with van der Waals surface area (Å²) in [6.07, 6.45) is 10.9. The molecular weight excluding hydrogens is 311 g/mol. The van der Waals surface area contributed by atoms with Crippen LogP contribution in [-0.4, -0.2) is 29.4 Å². The van der Waals surface area contributed by atoms with Crippen LogP contribution in [0.4, 0.5) is 0 Å². The number of rotatable bonds is 14. The van der Waals surface area contributed by atoms with E-state index in [2.05, 4.69) is 6.92 Å². The molecule has 2 atom stereocenters. The molecule has 0 aliphatic heterocycles. The Kier molecular flexibility index (Phi) is 17.6.